The number of rotatable bonds is 4. The van der Waals surface area contributed by atoms with Crippen LogP contribution in [0.3, 0.4) is 0 Å². The summed E-state index contributed by atoms with van der Waals surface area (Å²) in [6, 6.07) is 7.13. The van der Waals surface area contributed by atoms with Gasteiger partial charge >= 0.3 is 0 Å². The predicted molar refractivity (Wildman–Crippen MR) is 84.8 cm³/mol. The summed E-state index contributed by atoms with van der Waals surface area (Å²) in [5.74, 6) is 0.314. The van der Waals surface area contributed by atoms with Gasteiger partial charge in [0.05, 0.1) is 13.2 Å². The number of amides is 1. The number of hydrogen-bond donors (Lipinski definition) is 0. The number of nitrogens with zero attached hydrogens (tertiary/aromatic N) is 2. The zero-order valence-electron chi connectivity index (χ0n) is 13.3. The van der Waals surface area contributed by atoms with E-state index in [9.17, 15) is 14.9 Å². The molecule has 1 aromatic carbocycles. The Bertz CT molecular complexity index is 587. The molecule has 1 saturated heterocycles. The molecule has 2 aliphatic rings. The van der Waals surface area contributed by atoms with Crippen LogP contribution < -0.4 is 4.74 Å². The van der Waals surface area contributed by atoms with Gasteiger partial charge in [-0.2, -0.15) is 0 Å². The molecule has 0 radical (unpaired) electrons. The fourth-order valence-electron chi connectivity index (χ4n) is 3.44. The molecular weight excluding hydrogens is 296 g/mol. The number of hydrogen-bond acceptors (Lipinski definition) is 4. The molecule has 1 aliphatic carbocycles. The van der Waals surface area contributed by atoms with Crippen molar-refractivity contribution in [3.8, 4) is 5.75 Å². The van der Waals surface area contributed by atoms with Crippen molar-refractivity contribution in [1.82, 2.24) is 4.90 Å². The zero-order valence-corrected chi connectivity index (χ0v) is 13.3. The van der Waals surface area contributed by atoms with Gasteiger partial charge in [0.25, 0.3) is 0 Å². The van der Waals surface area contributed by atoms with E-state index in [-0.39, 0.29) is 16.9 Å². The van der Waals surface area contributed by atoms with E-state index >= 15 is 0 Å². The number of carbonyl (C=O) groups excluding carboxylic acids is 1. The first kappa shape index (κ1) is 15.8. The van der Waals surface area contributed by atoms with E-state index < -0.39 is 12.0 Å². The van der Waals surface area contributed by atoms with Crippen LogP contribution in [-0.2, 0) is 4.79 Å². The minimum atomic E-state index is -0.678. The van der Waals surface area contributed by atoms with Crippen molar-refractivity contribution in [1.29, 1.82) is 0 Å². The molecule has 6 nitrogen and oxygen atoms in total. The average Bonchev–Trinajstić information content (AvgIpc) is 3.37. The summed E-state index contributed by atoms with van der Waals surface area (Å²) in [6.45, 7) is 0.691. The number of benzene rings is 1. The van der Waals surface area contributed by atoms with Gasteiger partial charge < -0.3 is 9.64 Å². The average molecular weight is 318 g/mol. The van der Waals surface area contributed by atoms with Gasteiger partial charge in [-0.1, -0.05) is 25.0 Å². The maximum Gasteiger partial charge on any atom is 0.233 e. The highest BCUT2D eigenvalue weighted by Crippen LogP contribution is 2.39. The van der Waals surface area contributed by atoms with Gasteiger partial charge in [-0.3, -0.25) is 14.9 Å². The Kier molecular flexibility index (Phi) is 4.50. The van der Waals surface area contributed by atoms with Crippen molar-refractivity contribution in [3.05, 3.63) is 39.9 Å². The van der Waals surface area contributed by atoms with E-state index in [1.165, 1.54) is 0 Å². The van der Waals surface area contributed by atoms with Crippen molar-refractivity contribution in [2.45, 2.75) is 44.2 Å². The molecule has 0 bridgehead atoms. The largest absolute Gasteiger partial charge is 0.497 e. The standard InChI is InChI=1S/C17H22N2O4/c1-23-13-8-6-12(7-9-13)15-5-3-2-4-10-18(15)17(20)14-11-16(14)19(21)22/h6-9,14-16H,2-5,10-11H2,1H3. The maximum absolute atomic E-state index is 12.7. The first-order valence-corrected chi connectivity index (χ1v) is 8.19. The maximum atomic E-state index is 12.7. The molecule has 1 aliphatic heterocycles. The summed E-state index contributed by atoms with van der Waals surface area (Å²) >= 11 is 0. The van der Waals surface area contributed by atoms with Crippen molar-refractivity contribution >= 4 is 5.91 Å². The quantitative estimate of drug-likeness (QED) is 0.632. The normalized spacial score (nSPS) is 27.2. The van der Waals surface area contributed by atoms with Crippen molar-refractivity contribution in [3.63, 3.8) is 0 Å². The monoisotopic (exact) mass is 318 g/mol. The first-order chi connectivity index (χ1) is 11.1. The van der Waals surface area contributed by atoms with Crippen LogP contribution >= 0.6 is 0 Å². The molecule has 124 valence electrons. The van der Waals surface area contributed by atoms with Crippen LogP contribution in [0.15, 0.2) is 24.3 Å². The van der Waals surface area contributed by atoms with E-state index in [2.05, 4.69) is 0 Å². The van der Waals surface area contributed by atoms with Gasteiger partial charge in [-0.15, -0.1) is 0 Å². The van der Waals surface area contributed by atoms with Crippen LogP contribution in [0.2, 0.25) is 0 Å². The summed E-state index contributed by atoms with van der Waals surface area (Å²) in [5.41, 5.74) is 1.08. The van der Waals surface area contributed by atoms with E-state index in [0.29, 0.717) is 13.0 Å². The lowest BCUT2D eigenvalue weighted by atomic mass is 10.00. The van der Waals surface area contributed by atoms with Gasteiger partial charge in [0, 0.05) is 17.9 Å². The predicted octanol–water partition coefficient (Wildman–Crippen LogP) is 2.80. The molecule has 2 fully saturated rings. The number of carbonyl (C=O) groups is 1. The summed E-state index contributed by atoms with van der Waals surface area (Å²) in [5, 5.41) is 10.9. The number of nitro groups is 1. The summed E-state index contributed by atoms with van der Waals surface area (Å²) in [7, 11) is 1.63. The first-order valence-electron chi connectivity index (χ1n) is 8.19. The summed E-state index contributed by atoms with van der Waals surface area (Å²) in [6.07, 6.45) is 4.43. The SMILES string of the molecule is COc1ccc(C2CCCCCN2C(=O)C2CC2[N+](=O)[O-])cc1. The molecule has 1 amide bonds. The van der Waals surface area contributed by atoms with Crippen LogP contribution in [0.25, 0.3) is 0 Å². The Labute approximate surface area is 135 Å². The molecule has 0 N–H and O–H groups in total. The summed E-state index contributed by atoms with van der Waals surface area (Å²) < 4.78 is 5.19. The molecular formula is C17H22N2O4. The summed E-state index contributed by atoms with van der Waals surface area (Å²) in [4.78, 5) is 25.2. The van der Waals surface area contributed by atoms with Gasteiger partial charge in [0.1, 0.15) is 11.7 Å². The lowest BCUT2D eigenvalue weighted by molar-refractivity contribution is -0.497. The molecule has 1 aromatic rings. The van der Waals surface area contributed by atoms with Crippen LogP contribution in [0, 0.1) is 16.0 Å². The molecule has 0 aromatic heterocycles. The van der Waals surface area contributed by atoms with E-state index in [0.717, 1.165) is 37.0 Å². The fraction of sp³-hybridized carbons (Fsp3) is 0.588. The van der Waals surface area contributed by atoms with Gasteiger partial charge in [-0.25, -0.2) is 0 Å². The van der Waals surface area contributed by atoms with Gasteiger partial charge in [0.2, 0.25) is 11.9 Å². The number of ether oxygens (including phenoxy) is 1. The Morgan fingerprint density at radius 2 is 2.00 bits per heavy atom. The highest BCUT2D eigenvalue weighted by molar-refractivity contribution is 5.82. The second-order valence-electron chi connectivity index (χ2n) is 6.36. The molecule has 3 rings (SSSR count). The molecule has 1 saturated carbocycles. The van der Waals surface area contributed by atoms with Crippen molar-refractivity contribution in [2.24, 2.45) is 5.92 Å². The van der Waals surface area contributed by atoms with Gasteiger partial charge in [-0.05, 0) is 30.5 Å². The van der Waals surface area contributed by atoms with Crippen molar-refractivity contribution < 1.29 is 14.5 Å². The Morgan fingerprint density at radius 3 is 2.61 bits per heavy atom. The van der Waals surface area contributed by atoms with E-state index in [1.807, 2.05) is 29.2 Å². The molecule has 6 heteroatoms. The minimum absolute atomic E-state index is 0.0175. The van der Waals surface area contributed by atoms with Crippen LogP contribution in [0.4, 0.5) is 0 Å². The van der Waals surface area contributed by atoms with Crippen LogP contribution in [-0.4, -0.2) is 35.4 Å². The lowest BCUT2D eigenvalue weighted by Crippen LogP contribution is -2.37. The Morgan fingerprint density at radius 1 is 1.26 bits per heavy atom. The van der Waals surface area contributed by atoms with Crippen LogP contribution in [0.5, 0.6) is 5.75 Å². The Hall–Kier alpha value is -2.11. The highest BCUT2D eigenvalue weighted by atomic mass is 16.6. The molecule has 0 spiro atoms. The molecule has 3 atom stereocenters. The second kappa shape index (κ2) is 6.56. The fourth-order valence-corrected chi connectivity index (χ4v) is 3.44. The number of likely N-dealkylation sites (tertiary alicyclic amines) is 1. The highest BCUT2D eigenvalue weighted by Gasteiger charge is 2.55. The van der Waals surface area contributed by atoms with Gasteiger partial charge in [0.15, 0.2) is 0 Å². The van der Waals surface area contributed by atoms with Crippen molar-refractivity contribution in [2.75, 3.05) is 13.7 Å². The third-order valence-corrected chi connectivity index (χ3v) is 4.88. The smallest absolute Gasteiger partial charge is 0.233 e. The zero-order chi connectivity index (χ0) is 16.4. The second-order valence-corrected chi connectivity index (χ2v) is 6.36. The molecule has 1 heterocycles. The molecule has 23 heavy (non-hydrogen) atoms. The van der Waals surface area contributed by atoms with E-state index in [1.54, 1.807) is 7.11 Å². The van der Waals surface area contributed by atoms with E-state index in [4.69, 9.17) is 4.74 Å². The minimum Gasteiger partial charge on any atom is -0.497 e. The third-order valence-electron chi connectivity index (χ3n) is 4.88. The lowest BCUT2D eigenvalue weighted by Gasteiger charge is -2.30. The van der Waals surface area contributed by atoms with Crippen LogP contribution in [0.1, 0.15) is 43.7 Å². The third kappa shape index (κ3) is 3.30. The molecule has 3 unspecified atom stereocenters. The topological polar surface area (TPSA) is 72.7 Å². The number of methoxy groups -OCH3 is 1. The Balaban J connectivity index is 1.79.